The minimum Gasteiger partial charge on any atom is -0.311 e. The number of hydrogen-bond acceptors (Lipinski definition) is 2. The molecule has 1 aromatic heterocycles. The Balaban J connectivity index is 2.37. The predicted molar refractivity (Wildman–Crippen MR) is 45.6 cm³/mol. The Morgan fingerprint density at radius 1 is 1.82 bits per heavy atom. The van der Waals surface area contributed by atoms with E-state index in [0.717, 1.165) is 0 Å². The van der Waals surface area contributed by atoms with Crippen molar-refractivity contribution in [2.75, 3.05) is 10.6 Å². The van der Waals surface area contributed by atoms with E-state index in [-0.39, 0.29) is 5.91 Å². The van der Waals surface area contributed by atoms with Crippen LogP contribution in [0, 0.1) is 0 Å². The summed E-state index contributed by atoms with van der Waals surface area (Å²) in [6.45, 7) is 0. The lowest BCUT2D eigenvalue weighted by atomic mass is 10.4. The van der Waals surface area contributed by atoms with E-state index in [1.165, 1.54) is 0 Å². The maximum Gasteiger partial charge on any atom is 0.226 e. The molecular formula is C6H8BrN3O. The van der Waals surface area contributed by atoms with Gasteiger partial charge in [0.05, 0.1) is 6.20 Å². The van der Waals surface area contributed by atoms with Crippen molar-refractivity contribution >= 4 is 27.7 Å². The maximum absolute atomic E-state index is 10.9. The molecule has 0 unspecified atom stereocenters. The number of rotatable bonds is 3. The summed E-state index contributed by atoms with van der Waals surface area (Å²) >= 11 is 3.17. The number of nitrogens with zero attached hydrogens (tertiary/aromatic N) is 1. The van der Waals surface area contributed by atoms with Crippen molar-refractivity contribution in [2.24, 2.45) is 0 Å². The topological polar surface area (TPSA) is 57.8 Å². The van der Waals surface area contributed by atoms with Crippen molar-refractivity contribution in [1.82, 2.24) is 10.2 Å². The van der Waals surface area contributed by atoms with Crippen LogP contribution in [0.4, 0.5) is 5.82 Å². The van der Waals surface area contributed by atoms with Gasteiger partial charge in [0.25, 0.3) is 0 Å². The highest BCUT2D eigenvalue weighted by molar-refractivity contribution is 9.09. The zero-order valence-electron chi connectivity index (χ0n) is 5.80. The lowest BCUT2D eigenvalue weighted by molar-refractivity contribution is -0.115. The van der Waals surface area contributed by atoms with E-state index in [9.17, 15) is 4.79 Å². The van der Waals surface area contributed by atoms with Gasteiger partial charge >= 0.3 is 0 Å². The Morgan fingerprint density at radius 3 is 3.18 bits per heavy atom. The maximum atomic E-state index is 10.9. The van der Waals surface area contributed by atoms with Crippen LogP contribution in [0.15, 0.2) is 12.3 Å². The number of aromatic amines is 1. The highest BCUT2D eigenvalue weighted by Crippen LogP contribution is 1.99. The summed E-state index contributed by atoms with van der Waals surface area (Å²) in [6, 6.07) is 1.70. The summed E-state index contributed by atoms with van der Waals surface area (Å²) in [4.78, 5) is 10.9. The number of halogens is 1. The molecule has 60 valence electrons. The largest absolute Gasteiger partial charge is 0.311 e. The number of H-pyrrole nitrogens is 1. The second kappa shape index (κ2) is 4.12. The first kappa shape index (κ1) is 8.26. The number of hydrogen-bond donors (Lipinski definition) is 2. The van der Waals surface area contributed by atoms with E-state index >= 15 is 0 Å². The molecule has 0 aliphatic rings. The summed E-state index contributed by atoms with van der Waals surface area (Å²) < 4.78 is 0. The van der Waals surface area contributed by atoms with Gasteiger partial charge in [-0.3, -0.25) is 9.89 Å². The third kappa shape index (κ3) is 2.71. The summed E-state index contributed by atoms with van der Waals surface area (Å²) in [6.07, 6.45) is 2.06. The number of aromatic nitrogens is 2. The molecule has 2 N–H and O–H groups in total. The predicted octanol–water partition coefficient (Wildman–Crippen LogP) is 1.13. The molecule has 0 saturated heterocycles. The van der Waals surface area contributed by atoms with Crippen LogP contribution in [0.25, 0.3) is 0 Å². The first-order valence-corrected chi connectivity index (χ1v) is 4.30. The molecule has 1 aromatic rings. The van der Waals surface area contributed by atoms with Crippen LogP contribution in [0.5, 0.6) is 0 Å². The first-order valence-electron chi connectivity index (χ1n) is 3.18. The Labute approximate surface area is 72.5 Å². The number of alkyl halides is 1. The minimum absolute atomic E-state index is 0.0221. The molecule has 1 amide bonds. The molecule has 0 aliphatic heterocycles. The molecule has 0 aliphatic carbocycles. The highest BCUT2D eigenvalue weighted by Gasteiger charge is 1.99. The van der Waals surface area contributed by atoms with Crippen LogP contribution in [-0.4, -0.2) is 21.4 Å². The van der Waals surface area contributed by atoms with E-state index < -0.39 is 0 Å². The molecule has 11 heavy (non-hydrogen) atoms. The lowest BCUT2D eigenvalue weighted by Crippen LogP contribution is -2.11. The third-order valence-electron chi connectivity index (χ3n) is 1.10. The van der Waals surface area contributed by atoms with Crippen molar-refractivity contribution in [2.45, 2.75) is 6.42 Å². The standard InChI is InChI=1S/C6H8BrN3O/c7-3-1-6(11)9-5-2-4-8-10-5/h2,4H,1,3H2,(H2,8,9,10,11). The van der Waals surface area contributed by atoms with Crippen LogP contribution in [0.3, 0.4) is 0 Å². The van der Waals surface area contributed by atoms with Crippen LogP contribution in [-0.2, 0) is 4.79 Å². The van der Waals surface area contributed by atoms with Gasteiger partial charge in [-0.05, 0) is 0 Å². The zero-order valence-corrected chi connectivity index (χ0v) is 7.39. The molecule has 0 fully saturated rings. The van der Waals surface area contributed by atoms with Gasteiger partial charge in [0.1, 0.15) is 5.82 Å². The Morgan fingerprint density at radius 2 is 2.64 bits per heavy atom. The lowest BCUT2D eigenvalue weighted by Gasteiger charge is -1.97. The Kier molecular flexibility index (Phi) is 3.10. The van der Waals surface area contributed by atoms with Crippen molar-refractivity contribution in [3.8, 4) is 0 Å². The van der Waals surface area contributed by atoms with Crippen molar-refractivity contribution < 1.29 is 4.79 Å². The van der Waals surface area contributed by atoms with Crippen LogP contribution in [0.2, 0.25) is 0 Å². The van der Waals surface area contributed by atoms with Crippen LogP contribution in [0.1, 0.15) is 6.42 Å². The van der Waals surface area contributed by atoms with Gasteiger partial charge in [0, 0.05) is 17.8 Å². The second-order valence-electron chi connectivity index (χ2n) is 1.96. The molecule has 0 radical (unpaired) electrons. The SMILES string of the molecule is O=C(CCBr)Nc1ccn[nH]1. The average Bonchev–Trinajstić information content (AvgIpc) is 2.40. The fraction of sp³-hybridized carbons (Fsp3) is 0.333. The smallest absolute Gasteiger partial charge is 0.226 e. The van der Waals surface area contributed by atoms with Gasteiger partial charge in [-0.1, -0.05) is 15.9 Å². The minimum atomic E-state index is -0.0221. The molecule has 0 bridgehead atoms. The number of carbonyl (C=O) groups excluding carboxylic acids is 1. The molecule has 5 heteroatoms. The monoisotopic (exact) mass is 217 g/mol. The molecule has 1 heterocycles. The fourth-order valence-corrected chi connectivity index (χ4v) is 0.984. The summed E-state index contributed by atoms with van der Waals surface area (Å²) in [5, 5.41) is 9.62. The molecule has 0 saturated carbocycles. The molecule has 0 aromatic carbocycles. The van der Waals surface area contributed by atoms with Crippen LogP contribution >= 0.6 is 15.9 Å². The first-order chi connectivity index (χ1) is 5.33. The number of amides is 1. The van der Waals surface area contributed by atoms with Gasteiger partial charge in [0.15, 0.2) is 0 Å². The molecule has 4 nitrogen and oxygen atoms in total. The van der Waals surface area contributed by atoms with E-state index in [1.54, 1.807) is 12.3 Å². The van der Waals surface area contributed by atoms with E-state index in [0.29, 0.717) is 17.6 Å². The Bertz CT molecular complexity index is 222. The summed E-state index contributed by atoms with van der Waals surface area (Å²) in [5.74, 6) is 0.613. The normalized spacial score (nSPS) is 9.55. The van der Waals surface area contributed by atoms with Gasteiger partial charge < -0.3 is 5.32 Å². The van der Waals surface area contributed by atoms with E-state index in [1.807, 2.05) is 0 Å². The van der Waals surface area contributed by atoms with Crippen LogP contribution < -0.4 is 5.32 Å². The highest BCUT2D eigenvalue weighted by atomic mass is 79.9. The quantitative estimate of drug-likeness (QED) is 0.747. The fourth-order valence-electron chi connectivity index (χ4n) is 0.624. The summed E-state index contributed by atoms with van der Waals surface area (Å²) in [7, 11) is 0. The molecule has 0 atom stereocenters. The van der Waals surface area contributed by atoms with Crippen molar-refractivity contribution in [3.63, 3.8) is 0 Å². The molecule has 0 spiro atoms. The summed E-state index contributed by atoms with van der Waals surface area (Å²) in [5.41, 5.74) is 0. The van der Waals surface area contributed by atoms with Gasteiger partial charge in [-0.15, -0.1) is 0 Å². The molecule has 1 rings (SSSR count). The Hall–Kier alpha value is -0.840. The van der Waals surface area contributed by atoms with E-state index in [2.05, 4.69) is 31.4 Å². The number of nitrogens with one attached hydrogen (secondary N) is 2. The zero-order chi connectivity index (χ0) is 8.10. The van der Waals surface area contributed by atoms with Gasteiger partial charge in [-0.2, -0.15) is 5.10 Å². The van der Waals surface area contributed by atoms with Gasteiger partial charge in [0.2, 0.25) is 5.91 Å². The van der Waals surface area contributed by atoms with Crippen molar-refractivity contribution in [3.05, 3.63) is 12.3 Å². The number of anilines is 1. The average molecular weight is 218 g/mol. The van der Waals surface area contributed by atoms with Crippen molar-refractivity contribution in [1.29, 1.82) is 0 Å². The molecular weight excluding hydrogens is 210 g/mol. The number of carbonyl (C=O) groups is 1. The van der Waals surface area contributed by atoms with E-state index in [4.69, 9.17) is 0 Å². The van der Waals surface area contributed by atoms with Gasteiger partial charge in [-0.25, -0.2) is 0 Å². The second-order valence-corrected chi connectivity index (χ2v) is 2.75. The third-order valence-corrected chi connectivity index (χ3v) is 1.49.